The van der Waals surface area contributed by atoms with Gasteiger partial charge in [-0.3, -0.25) is 9.10 Å². The van der Waals surface area contributed by atoms with Crippen molar-refractivity contribution >= 4 is 27.4 Å². The van der Waals surface area contributed by atoms with Gasteiger partial charge in [0.2, 0.25) is 5.91 Å². The summed E-state index contributed by atoms with van der Waals surface area (Å²) < 4.78 is 40.3. The van der Waals surface area contributed by atoms with Crippen LogP contribution in [0.1, 0.15) is 0 Å². The number of anilines is 2. The number of benzene rings is 2. The van der Waals surface area contributed by atoms with E-state index in [0.717, 1.165) is 16.4 Å². The standard InChI is InChI=1S/C19H16FN3O3S/c20-15-9-11-16(12-10-15)23(27(25,26)17-6-2-1-3-7-17)14-19(24)22-18-8-4-5-13-21-18/h1-13H,14H2,(H,21,22,24). The zero-order valence-electron chi connectivity index (χ0n) is 14.1. The van der Waals surface area contributed by atoms with Crippen LogP contribution in [0.5, 0.6) is 0 Å². The predicted molar refractivity (Wildman–Crippen MR) is 100 cm³/mol. The molecule has 1 aromatic heterocycles. The number of nitrogens with one attached hydrogen (secondary N) is 1. The van der Waals surface area contributed by atoms with Gasteiger partial charge in [0.05, 0.1) is 10.6 Å². The lowest BCUT2D eigenvalue weighted by atomic mass is 10.3. The van der Waals surface area contributed by atoms with Gasteiger partial charge < -0.3 is 5.32 Å². The molecule has 27 heavy (non-hydrogen) atoms. The maximum Gasteiger partial charge on any atom is 0.264 e. The maximum absolute atomic E-state index is 13.3. The summed E-state index contributed by atoms with van der Waals surface area (Å²) in [5.41, 5.74) is 0.177. The van der Waals surface area contributed by atoms with Gasteiger partial charge in [-0.1, -0.05) is 24.3 Å². The second-order valence-corrected chi connectivity index (χ2v) is 7.43. The molecule has 3 rings (SSSR count). The highest BCUT2D eigenvalue weighted by Gasteiger charge is 2.27. The monoisotopic (exact) mass is 385 g/mol. The molecule has 1 heterocycles. The summed E-state index contributed by atoms with van der Waals surface area (Å²) >= 11 is 0. The van der Waals surface area contributed by atoms with Crippen molar-refractivity contribution in [2.45, 2.75) is 4.90 Å². The highest BCUT2D eigenvalue weighted by atomic mass is 32.2. The summed E-state index contributed by atoms with van der Waals surface area (Å²) in [6, 6.07) is 17.6. The molecule has 2 aromatic carbocycles. The molecule has 1 amide bonds. The molecule has 0 spiro atoms. The van der Waals surface area contributed by atoms with E-state index in [4.69, 9.17) is 0 Å². The molecular formula is C19H16FN3O3S. The molecule has 0 radical (unpaired) electrons. The van der Waals surface area contributed by atoms with E-state index in [1.165, 1.54) is 30.5 Å². The smallest absolute Gasteiger partial charge is 0.264 e. The summed E-state index contributed by atoms with van der Waals surface area (Å²) in [7, 11) is -4.02. The van der Waals surface area contributed by atoms with Crippen molar-refractivity contribution in [1.29, 1.82) is 0 Å². The number of pyridine rings is 1. The molecule has 6 nitrogen and oxygen atoms in total. The molecule has 138 valence electrons. The number of halogens is 1. The first kappa shape index (κ1) is 18.5. The molecule has 0 fully saturated rings. The summed E-state index contributed by atoms with van der Waals surface area (Å²) in [4.78, 5) is 16.4. The van der Waals surface area contributed by atoms with Crippen molar-refractivity contribution in [2.24, 2.45) is 0 Å². The molecule has 0 saturated carbocycles. The fourth-order valence-corrected chi connectivity index (χ4v) is 3.83. The molecule has 0 aliphatic carbocycles. The van der Waals surface area contributed by atoms with E-state index in [1.807, 2.05) is 0 Å². The van der Waals surface area contributed by atoms with Crippen LogP contribution in [-0.2, 0) is 14.8 Å². The fraction of sp³-hybridized carbons (Fsp3) is 0.0526. The third kappa shape index (κ3) is 4.48. The van der Waals surface area contributed by atoms with E-state index in [9.17, 15) is 17.6 Å². The Balaban J connectivity index is 1.93. The summed E-state index contributed by atoms with van der Waals surface area (Å²) in [6.07, 6.45) is 1.51. The third-order valence-electron chi connectivity index (χ3n) is 3.67. The van der Waals surface area contributed by atoms with E-state index in [-0.39, 0.29) is 10.6 Å². The molecule has 8 heteroatoms. The number of hydrogen-bond donors (Lipinski definition) is 1. The molecule has 0 aliphatic rings. The zero-order valence-corrected chi connectivity index (χ0v) is 14.9. The van der Waals surface area contributed by atoms with Crippen LogP contribution in [0, 0.1) is 5.82 Å². The zero-order chi connectivity index (χ0) is 19.3. The van der Waals surface area contributed by atoms with Gasteiger partial charge in [-0.05, 0) is 48.5 Å². The van der Waals surface area contributed by atoms with Crippen LogP contribution in [0.25, 0.3) is 0 Å². The predicted octanol–water partition coefficient (Wildman–Crippen LogP) is 3.05. The SMILES string of the molecule is O=C(CN(c1ccc(F)cc1)S(=O)(=O)c1ccccc1)Nc1ccccn1. The Labute approximate surface area is 156 Å². The van der Waals surface area contributed by atoms with Gasteiger partial charge in [0.1, 0.15) is 18.2 Å². The molecular weight excluding hydrogens is 369 g/mol. The fourth-order valence-electron chi connectivity index (χ4n) is 2.39. The van der Waals surface area contributed by atoms with Gasteiger partial charge in [0, 0.05) is 6.20 Å². The Morgan fingerprint density at radius 1 is 0.963 bits per heavy atom. The molecule has 0 saturated heterocycles. The Kier molecular flexibility index (Phi) is 5.46. The summed E-state index contributed by atoms with van der Waals surface area (Å²) in [5, 5.41) is 2.55. The normalized spacial score (nSPS) is 11.0. The lowest BCUT2D eigenvalue weighted by molar-refractivity contribution is -0.114. The average Bonchev–Trinajstić information content (AvgIpc) is 2.68. The first-order valence-corrected chi connectivity index (χ1v) is 9.45. The molecule has 0 aliphatic heterocycles. The number of aromatic nitrogens is 1. The minimum Gasteiger partial charge on any atom is -0.309 e. The van der Waals surface area contributed by atoms with Crippen LogP contribution in [-0.4, -0.2) is 25.9 Å². The lowest BCUT2D eigenvalue weighted by Crippen LogP contribution is -2.38. The van der Waals surface area contributed by atoms with E-state index in [0.29, 0.717) is 5.82 Å². The van der Waals surface area contributed by atoms with Crippen molar-refractivity contribution < 1.29 is 17.6 Å². The maximum atomic E-state index is 13.3. The first-order valence-electron chi connectivity index (χ1n) is 8.01. The Bertz CT molecular complexity index is 1010. The minimum absolute atomic E-state index is 0.0277. The summed E-state index contributed by atoms with van der Waals surface area (Å²) in [5.74, 6) is -0.773. The highest BCUT2D eigenvalue weighted by molar-refractivity contribution is 7.92. The number of sulfonamides is 1. The van der Waals surface area contributed by atoms with Crippen molar-refractivity contribution in [3.63, 3.8) is 0 Å². The van der Waals surface area contributed by atoms with Crippen molar-refractivity contribution in [3.05, 3.63) is 84.8 Å². The molecule has 0 atom stereocenters. The van der Waals surface area contributed by atoms with Crippen molar-refractivity contribution in [2.75, 3.05) is 16.2 Å². The van der Waals surface area contributed by atoms with Crippen LogP contribution < -0.4 is 9.62 Å². The van der Waals surface area contributed by atoms with Gasteiger partial charge in [0.25, 0.3) is 10.0 Å². The first-order chi connectivity index (χ1) is 13.0. The van der Waals surface area contributed by atoms with Gasteiger partial charge >= 0.3 is 0 Å². The van der Waals surface area contributed by atoms with Gasteiger partial charge in [0.15, 0.2) is 0 Å². The molecule has 1 N–H and O–H groups in total. The van der Waals surface area contributed by atoms with Crippen molar-refractivity contribution in [3.8, 4) is 0 Å². The highest BCUT2D eigenvalue weighted by Crippen LogP contribution is 2.24. The van der Waals surface area contributed by atoms with Crippen LogP contribution in [0.2, 0.25) is 0 Å². The number of rotatable bonds is 6. The average molecular weight is 385 g/mol. The van der Waals surface area contributed by atoms with Crippen LogP contribution in [0.4, 0.5) is 15.9 Å². The molecule has 0 unspecified atom stereocenters. The Hall–Kier alpha value is -3.26. The molecule has 3 aromatic rings. The minimum atomic E-state index is -4.02. The van der Waals surface area contributed by atoms with Crippen LogP contribution >= 0.6 is 0 Å². The van der Waals surface area contributed by atoms with Crippen molar-refractivity contribution in [1.82, 2.24) is 4.98 Å². The second kappa shape index (κ2) is 7.96. The Morgan fingerprint density at radius 3 is 2.26 bits per heavy atom. The third-order valence-corrected chi connectivity index (χ3v) is 5.45. The lowest BCUT2D eigenvalue weighted by Gasteiger charge is -2.24. The number of nitrogens with zero attached hydrogens (tertiary/aromatic N) is 2. The number of carbonyl (C=O) groups is 1. The second-order valence-electron chi connectivity index (χ2n) is 5.56. The van der Waals surface area contributed by atoms with E-state index in [2.05, 4.69) is 10.3 Å². The van der Waals surface area contributed by atoms with Gasteiger partial charge in [-0.15, -0.1) is 0 Å². The number of carbonyl (C=O) groups excluding carboxylic acids is 1. The van der Waals surface area contributed by atoms with Crippen LogP contribution in [0.3, 0.4) is 0 Å². The topological polar surface area (TPSA) is 79.4 Å². The summed E-state index contributed by atoms with van der Waals surface area (Å²) in [6.45, 7) is -0.487. The molecule has 0 bridgehead atoms. The quantitative estimate of drug-likeness (QED) is 0.707. The Morgan fingerprint density at radius 2 is 1.63 bits per heavy atom. The largest absolute Gasteiger partial charge is 0.309 e. The van der Waals surface area contributed by atoms with Gasteiger partial charge in [-0.2, -0.15) is 0 Å². The van der Waals surface area contributed by atoms with E-state index < -0.39 is 28.3 Å². The number of hydrogen-bond acceptors (Lipinski definition) is 4. The van der Waals surface area contributed by atoms with E-state index >= 15 is 0 Å². The van der Waals surface area contributed by atoms with Gasteiger partial charge in [-0.25, -0.2) is 17.8 Å². The number of amides is 1. The van der Waals surface area contributed by atoms with Crippen LogP contribution in [0.15, 0.2) is 83.9 Å². The van der Waals surface area contributed by atoms with E-state index in [1.54, 1.807) is 36.4 Å².